The molecule has 2 aliphatic rings. The molecule has 0 spiro atoms. The minimum atomic E-state index is 0.0809. The predicted octanol–water partition coefficient (Wildman–Crippen LogP) is 1.92. The van der Waals surface area contributed by atoms with Crippen LogP contribution in [0.15, 0.2) is 12.5 Å². The van der Waals surface area contributed by atoms with Gasteiger partial charge in [-0.2, -0.15) is 0 Å². The van der Waals surface area contributed by atoms with Crippen molar-refractivity contribution in [2.75, 3.05) is 20.2 Å². The Morgan fingerprint density at radius 1 is 1.50 bits per heavy atom. The maximum atomic E-state index is 5.73. The molecule has 1 saturated heterocycles. The maximum Gasteiger partial charge on any atom is 0.0949 e. The number of methoxy groups -OCH3 is 1. The normalized spacial score (nSPS) is 26.8. The molecule has 0 radical (unpaired) electrons. The lowest BCUT2D eigenvalue weighted by Gasteiger charge is -2.41. The van der Waals surface area contributed by atoms with Crippen molar-refractivity contribution in [2.24, 2.45) is 0 Å². The third-order valence-electron chi connectivity index (χ3n) is 4.62. The van der Waals surface area contributed by atoms with Crippen molar-refractivity contribution in [2.45, 2.75) is 50.2 Å². The van der Waals surface area contributed by atoms with Crippen LogP contribution in [0.1, 0.15) is 43.7 Å². The fourth-order valence-electron chi connectivity index (χ4n) is 3.22. The number of imidazole rings is 1. The topological polar surface area (TPSA) is 39.1 Å². The molecule has 1 unspecified atom stereocenters. The average molecular weight is 249 g/mol. The second-order valence-corrected chi connectivity index (χ2v) is 5.73. The number of aromatic nitrogens is 2. The van der Waals surface area contributed by atoms with Crippen molar-refractivity contribution in [1.82, 2.24) is 14.9 Å². The minimum Gasteiger partial charge on any atom is -0.376 e. The third-order valence-corrected chi connectivity index (χ3v) is 4.62. The Hall–Kier alpha value is -0.870. The fourth-order valence-corrected chi connectivity index (χ4v) is 3.22. The molecule has 0 aromatic carbocycles. The van der Waals surface area contributed by atoms with Crippen LogP contribution in [-0.4, -0.2) is 35.4 Å². The first-order valence-corrected chi connectivity index (χ1v) is 7.09. The van der Waals surface area contributed by atoms with E-state index >= 15 is 0 Å². The molecule has 1 N–H and O–H groups in total. The fraction of sp³-hybridized carbons (Fsp3) is 0.786. The number of hydrogen-bond donors (Lipinski definition) is 1. The van der Waals surface area contributed by atoms with Gasteiger partial charge in [-0.1, -0.05) is 0 Å². The SMILES string of the molecule is COC1(Cn2cncc2C2CCCNC2)CCC1. The van der Waals surface area contributed by atoms with Gasteiger partial charge in [0.25, 0.3) is 0 Å². The van der Waals surface area contributed by atoms with E-state index in [1.165, 1.54) is 37.8 Å². The van der Waals surface area contributed by atoms with Gasteiger partial charge < -0.3 is 14.6 Å². The number of hydrogen-bond acceptors (Lipinski definition) is 3. The first kappa shape index (κ1) is 12.2. The molecule has 4 heteroatoms. The highest BCUT2D eigenvalue weighted by Crippen LogP contribution is 2.37. The summed E-state index contributed by atoms with van der Waals surface area (Å²) in [4.78, 5) is 4.35. The van der Waals surface area contributed by atoms with Crippen molar-refractivity contribution in [3.8, 4) is 0 Å². The Bertz CT molecular complexity index is 386. The summed E-state index contributed by atoms with van der Waals surface area (Å²) in [7, 11) is 1.85. The lowest BCUT2D eigenvalue weighted by atomic mass is 9.79. The Kier molecular flexibility index (Phi) is 3.39. The highest BCUT2D eigenvalue weighted by Gasteiger charge is 2.38. The first-order valence-electron chi connectivity index (χ1n) is 7.09. The zero-order valence-electron chi connectivity index (χ0n) is 11.2. The van der Waals surface area contributed by atoms with E-state index in [9.17, 15) is 0 Å². The molecule has 1 aromatic heterocycles. The van der Waals surface area contributed by atoms with Gasteiger partial charge in [0.05, 0.1) is 18.5 Å². The molecule has 0 amide bonds. The van der Waals surface area contributed by atoms with Crippen LogP contribution < -0.4 is 5.32 Å². The van der Waals surface area contributed by atoms with Crippen LogP contribution in [0.4, 0.5) is 0 Å². The van der Waals surface area contributed by atoms with Gasteiger partial charge >= 0.3 is 0 Å². The second kappa shape index (κ2) is 5.02. The lowest BCUT2D eigenvalue weighted by Crippen LogP contribution is -2.43. The first-order chi connectivity index (χ1) is 8.83. The third kappa shape index (κ3) is 2.19. The van der Waals surface area contributed by atoms with E-state index in [2.05, 4.69) is 14.9 Å². The highest BCUT2D eigenvalue weighted by atomic mass is 16.5. The molecule has 1 saturated carbocycles. The summed E-state index contributed by atoms with van der Waals surface area (Å²) in [5.41, 5.74) is 1.46. The van der Waals surface area contributed by atoms with Gasteiger partial charge in [-0.3, -0.25) is 0 Å². The number of nitrogens with zero attached hydrogens (tertiary/aromatic N) is 2. The van der Waals surface area contributed by atoms with E-state index in [-0.39, 0.29) is 5.60 Å². The standard InChI is InChI=1S/C14H23N3O/c1-18-14(5-3-6-14)10-17-11-16-9-13(17)12-4-2-7-15-8-12/h9,11-12,15H,2-8,10H2,1H3. The van der Waals surface area contributed by atoms with E-state index in [4.69, 9.17) is 4.74 Å². The quantitative estimate of drug-likeness (QED) is 0.886. The largest absolute Gasteiger partial charge is 0.376 e. The van der Waals surface area contributed by atoms with Crippen LogP contribution in [0.25, 0.3) is 0 Å². The average Bonchev–Trinajstić information content (AvgIpc) is 2.83. The number of nitrogens with one attached hydrogen (secondary N) is 1. The smallest absolute Gasteiger partial charge is 0.0949 e. The maximum absolute atomic E-state index is 5.73. The molecule has 1 aromatic rings. The summed E-state index contributed by atoms with van der Waals surface area (Å²) in [6.45, 7) is 3.22. The summed E-state index contributed by atoms with van der Waals surface area (Å²) in [5.74, 6) is 0.621. The van der Waals surface area contributed by atoms with E-state index < -0.39 is 0 Å². The van der Waals surface area contributed by atoms with Crippen LogP contribution in [-0.2, 0) is 11.3 Å². The Morgan fingerprint density at radius 3 is 3.00 bits per heavy atom. The zero-order valence-corrected chi connectivity index (χ0v) is 11.2. The molecule has 0 bridgehead atoms. The molecule has 1 aliphatic heterocycles. The number of piperidine rings is 1. The number of ether oxygens (including phenoxy) is 1. The van der Waals surface area contributed by atoms with Crippen molar-refractivity contribution in [3.63, 3.8) is 0 Å². The van der Waals surface area contributed by atoms with Crippen LogP contribution >= 0.6 is 0 Å². The summed E-state index contributed by atoms with van der Waals surface area (Å²) in [6.07, 6.45) is 10.2. The second-order valence-electron chi connectivity index (χ2n) is 5.73. The van der Waals surface area contributed by atoms with E-state index in [1.807, 2.05) is 19.6 Å². The van der Waals surface area contributed by atoms with Crippen LogP contribution in [0, 0.1) is 0 Å². The Morgan fingerprint density at radius 2 is 2.39 bits per heavy atom. The van der Waals surface area contributed by atoms with Crippen LogP contribution in [0.5, 0.6) is 0 Å². The van der Waals surface area contributed by atoms with Gasteiger partial charge in [-0.15, -0.1) is 0 Å². The molecule has 18 heavy (non-hydrogen) atoms. The summed E-state index contributed by atoms with van der Waals surface area (Å²) in [6, 6.07) is 0. The Balaban J connectivity index is 1.74. The highest BCUT2D eigenvalue weighted by molar-refractivity contribution is 5.09. The van der Waals surface area contributed by atoms with Crippen molar-refractivity contribution in [1.29, 1.82) is 0 Å². The van der Waals surface area contributed by atoms with Crippen molar-refractivity contribution in [3.05, 3.63) is 18.2 Å². The van der Waals surface area contributed by atoms with Crippen molar-refractivity contribution < 1.29 is 4.74 Å². The molecule has 100 valence electrons. The molecule has 2 heterocycles. The van der Waals surface area contributed by atoms with E-state index in [1.54, 1.807) is 0 Å². The van der Waals surface area contributed by atoms with E-state index in [0.717, 1.165) is 19.6 Å². The number of rotatable bonds is 4. The van der Waals surface area contributed by atoms with Gasteiger partial charge in [0.2, 0.25) is 0 Å². The van der Waals surface area contributed by atoms with Crippen LogP contribution in [0.2, 0.25) is 0 Å². The summed E-state index contributed by atoms with van der Waals surface area (Å²) < 4.78 is 8.04. The molecular formula is C14H23N3O. The van der Waals surface area contributed by atoms with Gasteiger partial charge in [0, 0.05) is 31.5 Å². The molecule has 4 nitrogen and oxygen atoms in total. The van der Waals surface area contributed by atoms with Crippen molar-refractivity contribution >= 4 is 0 Å². The molecule has 2 fully saturated rings. The van der Waals surface area contributed by atoms with Gasteiger partial charge in [-0.05, 0) is 38.6 Å². The monoisotopic (exact) mass is 249 g/mol. The van der Waals surface area contributed by atoms with Crippen LogP contribution in [0.3, 0.4) is 0 Å². The Labute approximate surface area is 109 Å². The van der Waals surface area contributed by atoms with Gasteiger partial charge in [0.15, 0.2) is 0 Å². The van der Waals surface area contributed by atoms with Gasteiger partial charge in [0.1, 0.15) is 0 Å². The van der Waals surface area contributed by atoms with Gasteiger partial charge in [-0.25, -0.2) is 4.98 Å². The summed E-state index contributed by atoms with van der Waals surface area (Å²) in [5, 5.41) is 3.48. The van der Waals surface area contributed by atoms with E-state index in [0.29, 0.717) is 5.92 Å². The zero-order chi connectivity index (χ0) is 12.4. The predicted molar refractivity (Wildman–Crippen MR) is 70.7 cm³/mol. The summed E-state index contributed by atoms with van der Waals surface area (Å²) >= 11 is 0. The molecule has 3 rings (SSSR count). The molecule has 1 aliphatic carbocycles. The lowest BCUT2D eigenvalue weighted by molar-refractivity contribution is -0.0840. The molecular weight excluding hydrogens is 226 g/mol. The minimum absolute atomic E-state index is 0.0809. The molecule has 1 atom stereocenters.